The third-order valence-corrected chi connectivity index (χ3v) is 7.57. The zero-order valence-corrected chi connectivity index (χ0v) is 14.7. The van der Waals surface area contributed by atoms with Crippen LogP contribution in [0.3, 0.4) is 0 Å². The number of piperidine rings is 1. The average molecular weight is 348 g/mol. The predicted molar refractivity (Wildman–Crippen MR) is 91.1 cm³/mol. The first kappa shape index (κ1) is 16.1. The van der Waals surface area contributed by atoms with Gasteiger partial charge < -0.3 is 4.90 Å². The maximum Gasteiger partial charge on any atom is 0.243 e. The average Bonchev–Trinajstić information content (AvgIpc) is 3.01. The summed E-state index contributed by atoms with van der Waals surface area (Å²) in [5, 5.41) is 0. The number of hydrogen-bond acceptors (Lipinski definition) is 3. The molecule has 2 heterocycles. The number of benzene rings is 1. The first-order valence-electron chi connectivity index (χ1n) is 8.96. The molecule has 1 aliphatic carbocycles. The van der Waals surface area contributed by atoms with E-state index in [4.69, 9.17) is 0 Å². The molecular weight excluding hydrogens is 324 g/mol. The Hall–Kier alpha value is -1.40. The maximum atomic E-state index is 12.9. The lowest BCUT2D eigenvalue weighted by molar-refractivity contribution is -0.140. The maximum absolute atomic E-state index is 12.9. The molecule has 1 amide bonds. The molecule has 0 radical (unpaired) electrons. The molecule has 24 heavy (non-hydrogen) atoms. The molecule has 0 N–H and O–H groups in total. The lowest BCUT2D eigenvalue weighted by atomic mass is 9.95. The van der Waals surface area contributed by atoms with E-state index >= 15 is 0 Å². The second kappa shape index (κ2) is 6.15. The molecule has 0 atom stereocenters. The van der Waals surface area contributed by atoms with Gasteiger partial charge in [0.05, 0.1) is 4.90 Å². The highest BCUT2D eigenvalue weighted by atomic mass is 32.2. The van der Waals surface area contributed by atoms with Crippen molar-refractivity contribution >= 4 is 15.9 Å². The van der Waals surface area contributed by atoms with E-state index in [-0.39, 0.29) is 11.8 Å². The van der Waals surface area contributed by atoms with E-state index in [1.54, 1.807) is 10.4 Å². The van der Waals surface area contributed by atoms with Crippen molar-refractivity contribution in [1.82, 2.24) is 9.21 Å². The largest absolute Gasteiger partial charge is 0.342 e. The van der Waals surface area contributed by atoms with E-state index in [1.807, 2.05) is 17.0 Å². The Morgan fingerprint density at radius 3 is 2.33 bits per heavy atom. The fourth-order valence-electron chi connectivity index (χ4n) is 4.00. The Morgan fingerprint density at radius 1 is 0.958 bits per heavy atom. The molecule has 130 valence electrons. The zero-order valence-electron chi connectivity index (χ0n) is 13.9. The number of amides is 1. The van der Waals surface area contributed by atoms with Crippen LogP contribution in [0, 0.1) is 5.92 Å². The fraction of sp³-hybridized carbons (Fsp3) is 0.611. The lowest BCUT2D eigenvalue weighted by Crippen LogP contribution is -2.48. The van der Waals surface area contributed by atoms with Crippen LogP contribution in [0.15, 0.2) is 23.1 Å². The van der Waals surface area contributed by atoms with Gasteiger partial charge in [-0.3, -0.25) is 4.79 Å². The summed E-state index contributed by atoms with van der Waals surface area (Å²) in [4.78, 5) is 14.6. The highest BCUT2D eigenvalue weighted by Crippen LogP contribution is 2.29. The Morgan fingerprint density at radius 2 is 1.67 bits per heavy atom. The third kappa shape index (κ3) is 2.75. The number of fused-ring (bicyclic) bond motifs is 1. The van der Waals surface area contributed by atoms with Gasteiger partial charge in [0, 0.05) is 32.1 Å². The van der Waals surface area contributed by atoms with E-state index in [2.05, 4.69) is 0 Å². The number of likely N-dealkylation sites (tertiary alicyclic amines) is 1. The Kier molecular flexibility index (Phi) is 4.12. The summed E-state index contributed by atoms with van der Waals surface area (Å²) in [5.41, 5.74) is 2.46. The second-order valence-corrected chi connectivity index (χ2v) is 9.08. The molecule has 0 saturated carbocycles. The molecule has 0 spiro atoms. The molecule has 2 aliphatic heterocycles. The summed E-state index contributed by atoms with van der Waals surface area (Å²) in [6.07, 6.45) is 5.52. The minimum absolute atomic E-state index is 0.00299. The molecule has 2 fully saturated rings. The summed E-state index contributed by atoms with van der Waals surface area (Å²) >= 11 is 0. The minimum Gasteiger partial charge on any atom is -0.342 e. The van der Waals surface area contributed by atoms with Crippen LogP contribution in [0.4, 0.5) is 0 Å². The number of aryl methyl sites for hydroxylation is 2. The molecular formula is C18H24N2O3S. The highest BCUT2D eigenvalue weighted by molar-refractivity contribution is 7.89. The SMILES string of the molecule is O=C(C1CCN(S(=O)(=O)c2ccc3c(c2)CCC3)CC1)N1CCC1. The van der Waals surface area contributed by atoms with Crippen molar-refractivity contribution in [2.45, 2.75) is 43.4 Å². The summed E-state index contributed by atoms with van der Waals surface area (Å²) in [5.74, 6) is 0.215. The van der Waals surface area contributed by atoms with E-state index in [1.165, 1.54) is 11.1 Å². The van der Waals surface area contributed by atoms with Crippen molar-refractivity contribution in [3.05, 3.63) is 29.3 Å². The van der Waals surface area contributed by atoms with Crippen molar-refractivity contribution < 1.29 is 13.2 Å². The van der Waals surface area contributed by atoms with Crippen LogP contribution in [0.2, 0.25) is 0 Å². The zero-order chi connectivity index (χ0) is 16.7. The number of hydrogen-bond donors (Lipinski definition) is 0. The summed E-state index contributed by atoms with van der Waals surface area (Å²) < 4.78 is 27.3. The van der Waals surface area contributed by atoms with Crippen LogP contribution in [-0.2, 0) is 27.7 Å². The van der Waals surface area contributed by atoms with Crippen LogP contribution in [0.5, 0.6) is 0 Å². The third-order valence-electron chi connectivity index (χ3n) is 5.68. The minimum atomic E-state index is -3.44. The normalized spacial score (nSPS) is 22.2. The van der Waals surface area contributed by atoms with Gasteiger partial charge in [-0.1, -0.05) is 6.07 Å². The molecule has 1 aromatic carbocycles. The first-order valence-corrected chi connectivity index (χ1v) is 10.4. The van der Waals surface area contributed by atoms with Gasteiger partial charge in [0.2, 0.25) is 15.9 Å². The van der Waals surface area contributed by atoms with Crippen molar-refractivity contribution in [3.8, 4) is 0 Å². The number of rotatable bonds is 3. The van der Waals surface area contributed by atoms with E-state index < -0.39 is 10.0 Å². The van der Waals surface area contributed by atoms with Gasteiger partial charge in [-0.2, -0.15) is 4.31 Å². The smallest absolute Gasteiger partial charge is 0.243 e. The van der Waals surface area contributed by atoms with Gasteiger partial charge in [-0.15, -0.1) is 0 Å². The monoisotopic (exact) mass is 348 g/mol. The molecule has 2 saturated heterocycles. The van der Waals surface area contributed by atoms with Crippen LogP contribution in [0.1, 0.15) is 36.8 Å². The molecule has 0 unspecified atom stereocenters. The Labute approximate surface area is 143 Å². The number of nitrogens with zero attached hydrogens (tertiary/aromatic N) is 2. The summed E-state index contributed by atoms with van der Waals surface area (Å²) in [7, 11) is -3.44. The quantitative estimate of drug-likeness (QED) is 0.837. The molecule has 5 nitrogen and oxygen atoms in total. The number of sulfonamides is 1. The van der Waals surface area contributed by atoms with Crippen molar-refractivity contribution in [2.24, 2.45) is 5.92 Å². The summed E-state index contributed by atoms with van der Waals surface area (Å²) in [6.45, 7) is 2.63. The fourth-order valence-corrected chi connectivity index (χ4v) is 5.52. The van der Waals surface area contributed by atoms with Crippen molar-refractivity contribution in [2.75, 3.05) is 26.2 Å². The van der Waals surface area contributed by atoms with E-state index in [0.717, 1.165) is 38.8 Å². The Balaban J connectivity index is 1.45. The number of carbonyl (C=O) groups is 1. The van der Waals surface area contributed by atoms with Gasteiger partial charge in [0.15, 0.2) is 0 Å². The number of carbonyl (C=O) groups excluding carboxylic acids is 1. The van der Waals surface area contributed by atoms with Crippen LogP contribution < -0.4 is 0 Å². The van der Waals surface area contributed by atoms with Crippen LogP contribution in [0.25, 0.3) is 0 Å². The molecule has 0 aromatic heterocycles. The molecule has 6 heteroatoms. The summed E-state index contributed by atoms with van der Waals surface area (Å²) in [6, 6.07) is 5.57. The van der Waals surface area contributed by atoms with Gasteiger partial charge in [0.1, 0.15) is 0 Å². The second-order valence-electron chi connectivity index (χ2n) is 7.14. The van der Waals surface area contributed by atoms with Gasteiger partial charge in [-0.25, -0.2) is 8.42 Å². The Bertz CT molecular complexity index is 748. The van der Waals surface area contributed by atoms with Crippen LogP contribution in [-0.4, -0.2) is 49.7 Å². The highest BCUT2D eigenvalue weighted by Gasteiger charge is 2.35. The van der Waals surface area contributed by atoms with Gasteiger partial charge in [-0.05, 0) is 61.8 Å². The molecule has 0 bridgehead atoms. The first-order chi connectivity index (χ1) is 11.6. The molecule has 1 aromatic rings. The molecule has 4 rings (SSSR count). The predicted octanol–water partition coefficient (Wildman–Crippen LogP) is 1.81. The van der Waals surface area contributed by atoms with Crippen LogP contribution >= 0.6 is 0 Å². The van der Waals surface area contributed by atoms with Crippen molar-refractivity contribution in [3.63, 3.8) is 0 Å². The molecule has 3 aliphatic rings. The topological polar surface area (TPSA) is 57.7 Å². The van der Waals surface area contributed by atoms with Crippen molar-refractivity contribution in [1.29, 1.82) is 0 Å². The van der Waals surface area contributed by atoms with Gasteiger partial charge >= 0.3 is 0 Å². The standard InChI is InChI=1S/C18H24N2O3S/c21-18(19-9-2-10-19)15-7-11-20(12-8-15)24(22,23)17-6-5-14-3-1-4-16(14)13-17/h5-6,13,15H,1-4,7-12H2. The lowest BCUT2D eigenvalue weighted by Gasteiger charge is -2.37. The van der Waals surface area contributed by atoms with Gasteiger partial charge in [0.25, 0.3) is 0 Å². The van der Waals surface area contributed by atoms with E-state index in [9.17, 15) is 13.2 Å². The van der Waals surface area contributed by atoms with E-state index in [0.29, 0.717) is 30.8 Å².